The van der Waals surface area contributed by atoms with Gasteiger partial charge in [0, 0.05) is 30.9 Å². The summed E-state index contributed by atoms with van der Waals surface area (Å²) >= 11 is 0. The van der Waals surface area contributed by atoms with Crippen molar-refractivity contribution in [3.8, 4) is 0 Å². The lowest BCUT2D eigenvalue weighted by atomic mass is 9.95. The van der Waals surface area contributed by atoms with Crippen molar-refractivity contribution in [2.45, 2.75) is 53.0 Å². The van der Waals surface area contributed by atoms with Crippen LogP contribution >= 0.6 is 0 Å². The van der Waals surface area contributed by atoms with Crippen LogP contribution in [0.4, 0.5) is 17.1 Å². The van der Waals surface area contributed by atoms with E-state index in [1.807, 2.05) is 58.0 Å². The van der Waals surface area contributed by atoms with Gasteiger partial charge in [0.1, 0.15) is 12.6 Å². The fraction of sp³-hybridized carbons (Fsp3) is 0.444. The standard InChI is InChI=1S/C27H34N4O3/c1-5-29(6-2)26(33)20-10-11-22-24(16-20)31(27(34)23-9-7-8-12-30(22)23)17-25(32)28-21-14-18(3)13-19(4)15-21/h10-11,13-16,23H,5-9,12,17H2,1-4H3,(H,28,32). The molecule has 1 N–H and O–H groups in total. The van der Waals surface area contributed by atoms with Crippen molar-refractivity contribution in [1.29, 1.82) is 0 Å². The Bertz CT molecular complexity index is 1090. The molecule has 0 saturated carbocycles. The van der Waals surface area contributed by atoms with E-state index in [0.29, 0.717) is 24.3 Å². The Balaban J connectivity index is 1.67. The molecule has 2 aliphatic rings. The molecule has 0 radical (unpaired) electrons. The Morgan fingerprint density at radius 1 is 1.00 bits per heavy atom. The van der Waals surface area contributed by atoms with E-state index in [9.17, 15) is 14.4 Å². The largest absolute Gasteiger partial charge is 0.358 e. The van der Waals surface area contributed by atoms with Crippen molar-refractivity contribution in [2.24, 2.45) is 0 Å². The number of nitrogens with zero attached hydrogens (tertiary/aromatic N) is 3. The first kappa shape index (κ1) is 23.8. The van der Waals surface area contributed by atoms with Crippen molar-refractivity contribution in [3.05, 3.63) is 53.1 Å². The Hall–Kier alpha value is -3.35. The number of rotatable bonds is 6. The fourth-order valence-corrected chi connectivity index (χ4v) is 5.14. The molecule has 180 valence electrons. The number of aryl methyl sites for hydroxylation is 2. The Morgan fingerprint density at radius 3 is 2.38 bits per heavy atom. The number of amides is 3. The number of carbonyl (C=O) groups excluding carboxylic acids is 3. The Kier molecular flexibility index (Phi) is 6.91. The van der Waals surface area contributed by atoms with Gasteiger partial charge in [0.05, 0.1) is 11.4 Å². The number of piperidine rings is 1. The van der Waals surface area contributed by atoms with Crippen LogP contribution in [-0.2, 0) is 9.59 Å². The van der Waals surface area contributed by atoms with Gasteiger partial charge >= 0.3 is 0 Å². The maximum Gasteiger partial charge on any atom is 0.253 e. The zero-order chi connectivity index (χ0) is 24.4. The second-order valence-electron chi connectivity index (χ2n) is 9.23. The molecular weight excluding hydrogens is 428 g/mol. The van der Waals surface area contributed by atoms with E-state index < -0.39 is 0 Å². The van der Waals surface area contributed by atoms with E-state index >= 15 is 0 Å². The van der Waals surface area contributed by atoms with Crippen molar-refractivity contribution < 1.29 is 14.4 Å². The van der Waals surface area contributed by atoms with Gasteiger partial charge in [-0.2, -0.15) is 0 Å². The average molecular weight is 463 g/mol. The highest BCUT2D eigenvalue weighted by atomic mass is 16.2. The lowest BCUT2D eigenvalue weighted by Crippen LogP contribution is -2.56. The summed E-state index contributed by atoms with van der Waals surface area (Å²) in [6.07, 6.45) is 2.79. The predicted octanol–water partition coefficient (Wildman–Crippen LogP) is 4.13. The van der Waals surface area contributed by atoms with Gasteiger partial charge in [-0.1, -0.05) is 6.07 Å². The summed E-state index contributed by atoms with van der Waals surface area (Å²) in [6, 6.07) is 11.2. The highest BCUT2D eigenvalue weighted by Crippen LogP contribution is 2.40. The second-order valence-corrected chi connectivity index (χ2v) is 9.23. The fourth-order valence-electron chi connectivity index (χ4n) is 5.14. The summed E-state index contributed by atoms with van der Waals surface area (Å²) < 4.78 is 0. The maximum absolute atomic E-state index is 13.6. The molecule has 0 aromatic heterocycles. The van der Waals surface area contributed by atoms with Gasteiger partial charge in [0.15, 0.2) is 0 Å². The quantitative estimate of drug-likeness (QED) is 0.701. The van der Waals surface area contributed by atoms with Crippen molar-refractivity contribution >= 4 is 34.8 Å². The van der Waals surface area contributed by atoms with Crippen LogP contribution in [0.15, 0.2) is 36.4 Å². The van der Waals surface area contributed by atoms with E-state index in [2.05, 4.69) is 10.2 Å². The van der Waals surface area contributed by atoms with Gasteiger partial charge in [0.25, 0.3) is 5.91 Å². The van der Waals surface area contributed by atoms with Gasteiger partial charge in [-0.05, 0) is 88.4 Å². The van der Waals surface area contributed by atoms with Gasteiger partial charge in [-0.25, -0.2) is 0 Å². The normalized spacial score (nSPS) is 17.2. The molecule has 2 aromatic rings. The van der Waals surface area contributed by atoms with Crippen molar-refractivity contribution in [1.82, 2.24) is 4.90 Å². The lowest BCUT2D eigenvalue weighted by Gasteiger charge is -2.45. The minimum Gasteiger partial charge on any atom is -0.358 e. The molecular formula is C27H34N4O3. The number of hydrogen-bond acceptors (Lipinski definition) is 4. The number of nitrogens with one attached hydrogen (secondary N) is 1. The van der Waals surface area contributed by atoms with Crippen molar-refractivity contribution in [3.63, 3.8) is 0 Å². The topological polar surface area (TPSA) is 73.0 Å². The lowest BCUT2D eigenvalue weighted by molar-refractivity contribution is -0.123. The Morgan fingerprint density at radius 2 is 1.71 bits per heavy atom. The highest BCUT2D eigenvalue weighted by molar-refractivity contribution is 6.11. The molecule has 0 spiro atoms. The minimum absolute atomic E-state index is 0.0688. The molecule has 7 nitrogen and oxygen atoms in total. The third-order valence-corrected chi connectivity index (χ3v) is 6.73. The molecule has 2 heterocycles. The first-order chi connectivity index (χ1) is 16.3. The van der Waals surface area contributed by atoms with E-state index in [4.69, 9.17) is 0 Å². The van der Waals surface area contributed by atoms with Crippen LogP contribution in [0.25, 0.3) is 0 Å². The summed E-state index contributed by atoms with van der Waals surface area (Å²) in [5, 5.41) is 2.95. The van der Waals surface area contributed by atoms with Gasteiger partial charge < -0.3 is 15.1 Å². The zero-order valence-electron chi connectivity index (χ0n) is 20.6. The molecule has 0 aliphatic carbocycles. The molecule has 3 amide bonds. The van der Waals surface area contributed by atoms with Crippen LogP contribution < -0.4 is 15.1 Å². The monoisotopic (exact) mass is 462 g/mol. The number of fused-ring (bicyclic) bond motifs is 3. The molecule has 4 rings (SSSR count). The number of anilines is 3. The number of carbonyl (C=O) groups is 3. The van der Waals surface area contributed by atoms with Gasteiger partial charge in [-0.3, -0.25) is 19.3 Å². The van der Waals surface area contributed by atoms with Gasteiger partial charge in [0.2, 0.25) is 11.8 Å². The molecule has 1 saturated heterocycles. The molecule has 2 aliphatic heterocycles. The zero-order valence-corrected chi connectivity index (χ0v) is 20.6. The molecule has 1 unspecified atom stereocenters. The van der Waals surface area contributed by atoms with Crippen LogP contribution in [-0.4, -0.2) is 54.8 Å². The third kappa shape index (κ3) is 4.65. The Labute approximate surface area is 201 Å². The molecule has 34 heavy (non-hydrogen) atoms. The minimum atomic E-state index is -0.264. The number of hydrogen-bond donors (Lipinski definition) is 1. The first-order valence-corrected chi connectivity index (χ1v) is 12.2. The second kappa shape index (κ2) is 9.87. The maximum atomic E-state index is 13.6. The smallest absolute Gasteiger partial charge is 0.253 e. The summed E-state index contributed by atoms with van der Waals surface area (Å²) in [7, 11) is 0. The molecule has 1 atom stereocenters. The van der Waals surface area contributed by atoms with Gasteiger partial charge in [-0.15, -0.1) is 0 Å². The van der Waals surface area contributed by atoms with E-state index in [1.165, 1.54) is 0 Å². The van der Waals surface area contributed by atoms with Crippen LogP contribution in [0.2, 0.25) is 0 Å². The van der Waals surface area contributed by atoms with E-state index in [1.54, 1.807) is 15.9 Å². The molecule has 0 bridgehead atoms. The summed E-state index contributed by atoms with van der Waals surface area (Å²) in [5.41, 5.74) is 4.93. The summed E-state index contributed by atoms with van der Waals surface area (Å²) in [4.78, 5) is 45.1. The first-order valence-electron chi connectivity index (χ1n) is 12.2. The third-order valence-electron chi connectivity index (χ3n) is 6.73. The SMILES string of the molecule is CCN(CC)C(=O)c1ccc2c(c1)N(CC(=O)Nc1cc(C)cc(C)c1)C(=O)C1CCCCN21. The van der Waals surface area contributed by atoms with Crippen LogP contribution in [0, 0.1) is 13.8 Å². The van der Waals surface area contributed by atoms with E-state index in [-0.39, 0.29) is 30.3 Å². The van der Waals surface area contributed by atoms with E-state index in [0.717, 1.165) is 48.3 Å². The molecule has 7 heteroatoms. The van der Waals surface area contributed by atoms with Crippen LogP contribution in [0.5, 0.6) is 0 Å². The van der Waals surface area contributed by atoms with Crippen LogP contribution in [0.3, 0.4) is 0 Å². The molecule has 2 aromatic carbocycles. The average Bonchev–Trinajstić information content (AvgIpc) is 2.81. The predicted molar refractivity (Wildman–Crippen MR) is 136 cm³/mol. The summed E-state index contributed by atoms with van der Waals surface area (Å²) in [5.74, 6) is -0.398. The summed E-state index contributed by atoms with van der Waals surface area (Å²) in [6.45, 7) is 9.81. The van der Waals surface area contributed by atoms with Crippen molar-refractivity contribution in [2.75, 3.05) is 41.3 Å². The van der Waals surface area contributed by atoms with Crippen LogP contribution in [0.1, 0.15) is 54.6 Å². The highest BCUT2D eigenvalue weighted by Gasteiger charge is 2.40. The number of benzene rings is 2. The molecule has 1 fully saturated rings.